The largest absolute Gasteiger partial charge is 0.497 e. The number of hydrogen-bond donors (Lipinski definition) is 1. The Bertz CT molecular complexity index is 895. The second kappa shape index (κ2) is 8.89. The number of likely N-dealkylation sites (tertiary alicyclic amines) is 1. The van der Waals surface area contributed by atoms with Crippen LogP contribution in [0, 0.1) is 5.82 Å². The Morgan fingerprint density at radius 3 is 2.36 bits per heavy atom. The molecule has 0 radical (unpaired) electrons. The van der Waals surface area contributed by atoms with Crippen molar-refractivity contribution in [3.63, 3.8) is 0 Å². The molecule has 6 nitrogen and oxygen atoms in total. The third-order valence-corrected chi connectivity index (χ3v) is 6.45. The Morgan fingerprint density at radius 2 is 1.75 bits per heavy atom. The summed E-state index contributed by atoms with van der Waals surface area (Å²) in [4.78, 5) is 2.34. The van der Waals surface area contributed by atoms with Crippen molar-refractivity contribution in [3.8, 4) is 11.5 Å². The molecular formula is C20H25FN2O4S. The maximum Gasteiger partial charge on any atom is 0.240 e. The van der Waals surface area contributed by atoms with Gasteiger partial charge in [0.2, 0.25) is 10.0 Å². The number of piperidine rings is 1. The van der Waals surface area contributed by atoms with E-state index in [4.69, 9.17) is 9.47 Å². The van der Waals surface area contributed by atoms with Gasteiger partial charge in [0, 0.05) is 31.2 Å². The molecule has 0 unspecified atom stereocenters. The Hall–Kier alpha value is -2.16. The first-order valence-corrected chi connectivity index (χ1v) is 10.6. The monoisotopic (exact) mass is 408 g/mol. The number of rotatable bonds is 7. The van der Waals surface area contributed by atoms with Crippen molar-refractivity contribution in [1.29, 1.82) is 0 Å². The van der Waals surface area contributed by atoms with Crippen molar-refractivity contribution in [1.82, 2.24) is 9.62 Å². The van der Waals surface area contributed by atoms with Crippen molar-refractivity contribution in [2.24, 2.45) is 0 Å². The van der Waals surface area contributed by atoms with Gasteiger partial charge in [-0.15, -0.1) is 0 Å². The van der Waals surface area contributed by atoms with Gasteiger partial charge >= 0.3 is 0 Å². The lowest BCUT2D eigenvalue weighted by Crippen LogP contribution is -2.44. The molecule has 2 aromatic carbocycles. The number of halogens is 1. The fourth-order valence-corrected chi connectivity index (χ4v) is 4.66. The molecule has 0 aliphatic carbocycles. The molecule has 8 heteroatoms. The molecule has 0 atom stereocenters. The standard InChI is InChI=1S/C20H25FN2O4S/c1-26-18-5-8-20(27-2)15(13-18)14-23-11-9-17(10-12-23)22-28(24,25)19-6-3-16(21)4-7-19/h3-8,13,17,22H,9-12,14H2,1-2H3. The highest BCUT2D eigenvalue weighted by atomic mass is 32.2. The zero-order chi connectivity index (χ0) is 20.1. The molecule has 3 rings (SSSR count). The van der Waals surface area contributed by atoms with Gasteiger partial charge < -0.3 is 9.47 Å². The van der Waals surface area contributed by atoms with Crippen molar-refractivity contribution in [2.75, 3.05) is 27.3 Å². The van der Waals surface area contributed by atoms with E-state index in [0.717, 1.165) is 42.3 Å². The second-order valence-corrected chi connectivity index (χ2v) is 8.52. The highest BCUT2D eigenvalue weighted by Crippen LogP contribution is 2.26. The average Bonchev–Trinajstić information content (AvgIpc) is 2.69. The van der Waals surface area contributed by atoms with Gasteiger partial charge in [-0.25, -0.2) is 17.5 Å². The molecule has 0 saturated carbocycles. The highest BCUT2D eigenvalue weighted by Gasteiger charge is 2.25. The molecule has 0 bridgehead atoms. The molecule has 0 aromatic heterocycles. The summed E-state index contributed by atoms with van der Waals surface area (Å²) in [6, 6.07) is 10.4. The van der Waals surface area contributed by atoms with E-state index in [-0.39, 0.29) is 10.9 Å². The van der Waals surface area contributed by atoms with E-state index < -0.39 is 15.8 Å². The van der Waals surface area contributed by atoms with Crippen LogP contribution in [-0.4, -0.2) is 46.7 Å². The van der Waals surface area contributed by atoms with Crippen molar-refractivity contribution >= 4 is 10.0 Å². The van der Waals surface area contributed by atoms with Crippen LogP contribution in [0.3, 0.4) is 0 Å². The van der Waals surface area contributed by atoms with Crippen molar-refractivity contribution in [3.05, 3.63) is 53.8 Å². The number of nitrogens with one attached hydrogen (secondary N) is 1. The zero-order valence-electron chi connectivity index (χ0n) is 16.0. The Morgan fingerprint density at radius 1 is 1.07 bits per heavy atom. The lowest BCUT2D eigenvalue weighted by atomic mass is 10.0. The highest BCUT2D eigenvalue weighted by molar-refractivity contribution is 7.89. The van der Waals surface area contributed by atoms with Crippen LogP contribution in [0.5, 0.6) is 11.5 Å². The van der Waals surface area contributed by atoms with Crippen molar-refractivity contribution < 1.29 is 22.3 Å². The first-order chi connectivity index (χ1) is 13.4. The van der Waals surface area contributed by atoms with E-state index >= 15 is 0 Å². The van der Waals surface area contributed by atoms with Gasteiger partial charge in [0.25, 0.3) is 0 Å². The number of benzene rings is 2. The molecular weight excluding hydrogens is 383 g/mol. The van der Waals surface area contributed by atoms with Gasteiger partial charge in [0.15, 0.2) is 0 Å². The van der Waals surface area contributed by atoms with Gasteiger partial charge in [-0.1, -0.05) is 0 Å². The topological polar surface area (TPSA) is 67.9 Å². The third-order valence-electron chi connectivity index (χ3n) is 4.91. The van der Waals surface area contributed by atoms with E-state index in [1.54, 1.807) is 14.2 Å². The summed E-state index contributed by atoms with van der Waals surface area (Å²) in [5, 5.41) is 0. The lowest BCUT2D eigenvalue weighted by Gasteiger charge is -2.32. The van der Waals surface area contributed by atoms with Crippen LogP contribution in [0.25, 0.3) is 0 Å². The van der Waals surface area contributed by atoms with Crippen LogP contribution in [0.4, 0.5) is 4.39 Å². The molecule has 28 heavy (non-hydrogen) atoms. The zero-order valence-corrected chi connectivity index (χ0v) is 16.8. The molecule has 1 aliphatic rings. The minimum absolute atomic E-state index is 0.0810. The number of sulfonamides is 1. The predicted octanol–water partition coefficient (Wildman–Crippen LogP) is 2.79. The van der Waals surface area contributed by atoms with Crippen molar-refractivity contribution in [2.45, 2.75) is 30.3 Å². The molecule has 0 spiro atoms. The summed E-state index contributed by atoms with van der Waals surface area (Å²) < 4.78 is 51.4. The summed E-state index contributed by atoms with van der Waals surface area (Å²) in [5.74, 6) is 1.12. The number of methoxy groups -OCH3 is 2. The van der Waals surface area contributed by atoms with Gasteiger partial charge in [-0.3, -0.25) is 4.90 Å². The molecule has 1 N–H and O–H groups in total. The van der Waals surface area contributed by atoms with Crippen LogP contribution in [0.1, 0.15) is 18.4 Å². The minimum Gasteiger partial charge on any atom is -0.497 e. The number of hydrogen-bond acceptors (Lipinski definition) is 5. The molecule has 2 aromatic rings. The van der Waals surface area contributed by atoms with E-state index in [0.29, 0.717) is 19.4 Å². The smallest absolute Gasteiger partial charge is 0.240 e. The summed E-state index contributed by atoms with van der Waals surface area (Å²) in [6.07, 6.45) is 1.40. The molecule has 1 heterocycles. The van der Waals surface area contributed by atoms with E-state index in [2.05, 4.69) is 9.62 Å². The van der Waals surface area contributed by atoms with E-state index in [9.17, 15) is 12.8 Å². The Kier molecular flexibility index (Phi) is 6.53. The number of ether oxygens (including phenoxy) is 2. The summed E-state index contributed by atoms with van der Waals surface area (Å²) >= 11 is 0. The quantitative estimate of drug-likeness (QED) is 0.763. The normalized spacial score (nSPS) is 16.1. The maximum atomic E-state index is 13.0. The van der Waals surface area contributed by atoms with Crippen LogP contribution in [0.2, 0.25) is 0 Å². The van der Waals surface area contributed by atoms with Crippen LogP contribution in [0.15, 0.2) is 47.4 Å². The third kappa shape index (κ3) is 5.01. The molecule has 0 amide bonds. The maximum absolute atomic E-state index is 13.0. The molecule has 1 saturated heterocycles. The second-order valence-electron chi connectivity index (χ2n) is 6.80. The van der Waals surface area contributed by atoms with E-state index in [1.807, 2.05) is 18.2 Å². The van der Waals surface area contributed by atoms with Crippen LogP contribution >= 0.6 is 0 Å². The summed E-state index contributed by atoms with van der Waals surface area (Å²) in [5.41, 5.74) is 1.03. The Balaban J connectivity index is 1.58. The molecule has 1 fully saturated rings. The van der Waals surface area contributed by atoms with Gasteiger partial charge in [0.1, 0.15) is 17.3 Å². The van der Waals surface area contributed by atoms with Gasteiger partial charge in [-0.2, -0.15) is 0 Å². The fourth-order valence-electron chi connectivity index (χ4n) is 3.36. The van der Waals surface area contributed by atoms with Gasteiger partial charge in [-0.05, 0) is 55.3 Å². The first kappa shape index (κ1) is 20.6. The van der Waals surface area contributed by atoms with Gasteiger partial charge in [0.05, 0.1) is 19.1 Å². The van der Waals surface area contributed by atoms with Crippen LogP contribution in [-0.2, 0) is 16.6 Å². The first-order valence-electron chi connectivity index (χ1n) is 9.12. The van der Waals surface area contributed by atoms with Crippen LogP contribution < -0.4 is 14.2 Å². The molecule has 1 aliphatic heterocycles. The SMILES string of the molecule is COc1ccc(OC)c(CN2CCC(NS(=O)(=O)c3ccc(F)cc3)CC2)c1. The average molecular weight is 408 g/mol. The number of nitrogens with zero attached hydrogens (tertiary/aromatic N) is 1. The minimum atomic E-state index is -3.64. The Labute approximate surface area is 165 Å². The summed E-state index contributed by atoms with van der Waals surface area (Å²) in [7, 11) is -0.375. The van der Waals surface area contributed by atoms with E-state index in [1.165, 1.54) is 12.1 Å². The predicted molar refractivity (Wildman–Crippen MR) is 105 cm³/mol. The molecule has 152 valence electrons. The summed E-state index contributed by atoms with van der Waals surface area (Å²) in [6.45, 7) is 2.23. The lowest BCUT2D eigenvalue weighted by molar-refractivity contribution is 0.197. The fraction of sp³-hybridized carbons (Fsp3) is 0.400.